The number of fused-ring (bicyclic) bond motifs is 3. The zero-order valence-electron chi connectivity index (χ0n) is 24.1. The molecule has 2 fully saturated rings. The maximum Gasteiger partial charge on any atom is 0.235 e. The first-order valence-corrected chi connectivity index (χ1v) is 13.7. The first kappa shape index (κ1) is 29.2. The Labute approximate surface area is 243 Å². The first-order valence-electron chi connectivity index (χ1n) is 13.7. The van der Waals surface area contributed by atoms with Crippen LogP contribution in [0.2, 0.25) is 0 Å². The second-order valence-electron chi connectivity index (χ2n) is 11.9. The van der Waals surface area contributed by atoms with Gasteiger partial charge in [0.2, 0.25) is 5.91 Å². The third-order valence-corrected chi connectivity index (χ3v) is 8.88. The van der Waals surface area contributed by atoms with Crippen LogP contribution in [0.5, 0.6) is 5.75 Å². The van der Waals surface area contributed by atoms with Gasteiger partial charge in [-0.25, -0.2) is 0 Å². The topological polar surface area (TPSA) is 158 Å². The monoisotopic (exact) mass is 571 g/mol. The SMILES string of the molecule is Cc1cccc(C#Cc2cc(N(C)C)c3c(c2O)C(=O)C2C(=O)C4(O)C(=O)C(C(N)=O)C(=O)C(N(C)C)C4CC2C3)c1. The normalized spacial score (nSPS) is 28.4. The molecule has 218 valence electrons. The summed E-state index contributed by atoms with van der Waals surface area (Å²) in [5.41, 5.74) is 5.59. The fourth-order valence-corrected chi connectivity index (χ4v) is 7.01. The number of primary amides is 1. The molecule has 3 aliphatic rings. The zero-order valence-corrected chi connectivity index (χ0v) is 24.1. The number of rotatable bonds is 3. The van der Waals surface area contributed by atoms with Gasteiger partial charge < -0.3 is 20.8 Å². The van der Waals surface area contributed by atoms with E-state index < -0.39 is 64.4 Å². The Hall–Kier alpha value is -4.33. The molecular formula is C32H33N3O7. The van der Waals surface area contributed by atoms with Crippen molar-refractivity contribution in [3.8, 4) is 17.6 Å². The number of aromatic hydroxyl groups is 1. The molecule has 0 radical (unpaired) electrons. The predicted octanol–water partition coefficient (Wildman–Crippen LogP) is 0.641. The molecular weight excluding hydrogens is 538 g/mol. The molecule has 0 bridgehead atoms. The van der Waals surface area contributed by atoms with Crippen LogP contribution in [0.1, 0.15) is 39.0 Å². The van der Waals surface area contributed by atoms with E-state index in [1.165, 1.54) is 4.90 Å². The molecule has 5 rings (SSSR count). The van der Waals surface area contributed by atoms with E-state index in [0.29, 0.717) is 16.8 Å². The van der Waals surface area contributed by atoms with Gasteiger partial charge in [-0.1, -0.05) is 24.0 Å². The number of phenols is 1. The number of aryl methyl sites for hydroxylation is 1. The number of likely N-dealkylation sites (N-methyl/N-ethyl adjacent to an activating group) is 1. The van der Waals surface area contributed by atoms with Gasteiger partial charge in [0.1, 0.15) is 5.75 Å². The van der Waals surface area contributed by atoms with Crippen molar-refractivity contribution in [1.82, 2.24) is 4.90 Å². The minimum Gasteiger partial charge on any atom is -0.506 e. The smallest absolute Gasteiger partial charge is 0.235 e. The minimum absolute atomic E-state index is 0.00750. The van der Waals surface area contributed by atoms with Crippen molar-refractivity contribution in [3.05, 3.63) is 58.1 Å². The maximum absolute atomic E-state index is 14.1. The van der Waals surface area contributed by atoms with Gasteiger partial charge in [-0.2, -0.15) is 0 Å². The Bertz CT molecular complexity index is 1630. The largest absolute Gasteiger partial charge is 0.506 e. The van der Waals surface area contributed by atoms with E-state index in [1.54, 1.807) is 39.2 Å². The molecule has 2 aromatic rings. The highest BCUT2D eigenvalue weighted by Gasteiger charge is 2.69. The van der Waals surface area contributed by atoms with Crippen LogP contribution in [0, 0.1) is 42.4 Å². The molecule has 0 aliphatic heterocycles. The Morgan fingerprint density at radius 2 is 1.74 bits per heavy atom. The molecule has 2 saturated carbocycles. The molecule has 2 aromatic carbocycles. The van der Waals surface area contributed by atoms with Crippen molar-refractivity contribution < 1.29 is 34.2 Å². The Balaban J connectivity index is 1.65. The van der Waals surface area contributed by atoms with Crippen LogP contribution in [0.3, 0.4) is 0 Å². The summed E-state index contributed by atoms with van der Waals surface area (Å²) in [6.45, 7) is 1.93. The molecule has 10 heteroatoms. The van der Waals surface area contributed by atoms with Crippen LogP contribution >= 0.6 is 0 Å². The Kier molecular flexibility index (Phi) is 7.08. The highest BCUT2D eigenvalue weighted by atomic mass is 16.3. The predicted molar refractivity (Wildman–Crippen MR) is 153 cm³/mol. The number of nitrogens with two attached hydrogens (primary N) is 1. The first-order chi connectivity index (χ1) is 19.7. The van der Waals surface area contributed by atoms with Crippen molar-refractivity contribution in [2.45, 2.75) is 31.4 Å². The highest BCUT2D eigenvalue weighted by molar-refractivity contribution is 6.32. The summed E-state index contributed by atoms with van der Waals surface area (Å²) in [6.07, 6.45) is 0.172. The van der Waals surface area contributed by atoms with E-state index in [0.717, 1.165) is 5.56 Å². The van der Waals surface area contributed by atoms with E-state index in [9.17, 15) is 34.2 Å². The number of nitrogens with zero attached hydrogens (tertiary/aromatic N) is 2. The lowest BCUT2D eigenvalue weighted by Gasteiger charge is -2.52. The molecule has 0 saturated heterocycles. The number of Topliss-reactive ketones (excluding diaryl/α,β-unsaturated/α-hetero) is 4. The van der Waals surface area contributed by atoms with Crippen molar-refractivity contribution in [3.63, 3.8) is 0 Å². The van der Waals surface area contributed by atoms with Crippen LogP contribution in [0.4, 0.5) is 5.69 Å². The van der Waals surface area contributed by atoms with Gasteiger partial charge in [0.15, 0.2) is 34.7 Å². The third-order valence-electron chi connectivity index (χ3n) is 8.88. The fraction of sp³-hybridized carbons (Fsp3) is 0.406. The summed E-state index contributed by atoms with van der Waals surface area (Å²) in [7, 11) is 6.68. The lowest BCUT2D eigenvalue weighted by atomic mass is 9.52. The summed E-state index contributed by atoms with van der Waals surface area (Å²) in [5, 5.41) is 23.1. The molecule has 6 unspecified atom stereocenters. The number of carbonyl (C=O) groups excluding carboxylic acids is 5. The molecule has 3 aliphatic carbocycles. The maximum atomic E-state index is 14.1. The Morgan fingerprint density at radius 3 is 2.33 bits per heavy atom. The standard InChI is InChI=1S/C32H33N3O7/c1-15-7-6-8-16(11-15)9-10-17-14-21(34(2)3)19-12-18-13-20-25(35(4)5)28(38)24(31(33)41)30(40)32(20,42)29(39)22(18)27(37)23(19)26(17)36/h6-8,11,14,18,20,22,24-25,36,42H,12-13H2,1-5H3,(H2,33,41). The molecule has 4 N–H and O–H groups in total. The molecule has 0 spiro atoms. The number of phenolic OH excluding ortho intramolecular Hbond substituents is 1. The van der Waals surface area contributed by atoms with Crippen LogP contribution in [0.15, 0.2) is 30.3 Å². The number of amides is 1. The molecule has 42 heavy (non-hydrogen) atoms. The van der Waals surface area contributed by atoms with Gasteiger partial charge in [0.25, 0.3) is 0 Å². The summed E-state index contributed by atoms with van der Waals surface area (Å²) in [6, 6.07) is 8.04. The van der Waals surface area contributed by atoms with E-state index in [2.05, 4.69) is 11.8 Å². The van der Waals surface area contributed by atoms with Crippen LogP contribution < -0.4 is 10.6 Å². The van der Waals surface area contributed by atoms with Gasteiger partial charge >= 0.3 is 0 Å². The fourth-order valence-electron chi connectivity index (χ4n) is 7.01. The molecule has 1 amide bonds. The van der Waals surface area contributed by atoms with E-state index in [-0.39, 0.29) is 29.7 Å². The van der Waals surface area contributed by atoms with Gasteiger partial charge in [-0.3, -0.25) is 28.9 Å². The van der Waals surface area contributed by atoms with E-state index >= 15 is 0 Å². The van der Waals surface area contributed by atoms with Gasteiger partial charge in [0.05, 0.1) is 23.1 Å². The quantitative estimate of drug-likeness (QED) is 0.355. The van der Waals surface area contributed by atoms with E-state index in [4.69, 9.17) is 5.73 Å². The number of ketones is 4. The van der Waals surface area contributed by atoms with Gasteiger partial charge in [-0.15, -0.1) is 0 Å². The molecule has 0 aromatic heterocycles. The Morgan fingerprint density at radius 1 is 1.05 bits per heavy atom. The van der Waals surface area contributed by atoms with Gasteiger partial charge in [-0.05, 0) is 69.1 Å². The summed E-state index contributed by atoms with van der Waals surface area (Å²) in [4.78, 5) is 70.3. The average molecular weight is 572 g/mol. The number of benzene rings is 2. The summed E-state index contributed by atoms with van der Waals surface area (Å²) >= 11 is 0. The second-order valence-corrected chi connectivity index (χ2v) is 11.9. The number of aliphatic hydroxyl groups is 1. The van der Waals surface area contributed by atoms with Crippen molar-refractivity contribution in [2.24, 2.45) is 29.4 Å². The lowest BCUT2D eigenvalue weighted by molar-refractivity contribution is -0.181. The third kappa shape index (κ3) is 4.23. The number of hydrogen-bond donors (Lipinski definition) is 3. The number of anilines is 1. The second kappa shape index (κ2) is 10.2. The van der Waals surface area contributed by atoms with Crippen LogP contribution in [0.25, 0.3) is 0 Å². The van der Waals surface area contributed by atoms with Crippen molar-refractivity contribution in [2.75, 3.05) is 33.1 Å². The van der Waals surface area contributed by atoms with Crippen LogP contribution in [-0.2, 0) is 25.6 Å². The number of hydrogen-bond acceptors (Lipinski definition) is 9. The number of carbonyl (C=O) groups is 5. The van der Waals surface area contributed by atoms with Crippen LogP contribution in [-0.4, -0.2) is 84.0 Å². The summed E-state index contributed by atoms with van der Waals surface area (Å²) < 4.78 is 0. The van der Waals surface area contributed by atoms with Gasteiger partial charge in [0, 0.05) is 31.3 Å². The van der Waals surface area contributed by atoms with E-state index in [1.807, 2.05) is 31.2 Å². The molecule has 10 nitrogen and oxygen atoms in total. The average Bonchev–Trinajstić information content (AvgIpc) is 2.89. The molecule has 6 atom stereocenters. The zero-order chi connectivity index (χ0) is 30.8. The summed E-state index contributed by atoms with van der Waals surface area (Å²) in [5.74, 6) is -4.87. The molecule has 0 heterocycles. The lowest BCUT2D eigenvalue weighted by Crippen LogP contribution is -2.74. The van der Waals surface area contributed by atoms with Crippen molar-refractivity contribution >= 4 is 34.7 Å². The highest BCUT2D eigenvalue weighted by Crippen LogP contribution is 2.52. The minimum atomic E-state index is -2.76. The van der Waals surface area contributed by atoms with Crippen molar-refractivity contribution in [1.29, 1.82) is 0 Å².